The van der Waals surface area contributed by atoms with E-state index < -0.39 is 5.60 Å². The van der Waals surface area contributed by atoms with Crippen LogP contribution in [0.15, 0.2) is 12.5 Å². The van der Waals surface area contributed by atoms with Crippen LogP contribution in [0.2, 0.25) is 0 Å². The molecule has 0 radical (unpaired) electrons. The van der Waals surface area contributed by atoms with Gasteiger partial charge in [-0.2, -0.15) is 0 Å². The van der Waals surface area contributed by atoms with Crippen LogP contribution in [0.1, 0.15) is 45.7 Å². The van der Waals surface area contributed by atoms with Crippen LogP contribution in [0, 0.1) is 0 Å². The van der Waals surface area contributed by atoms with E-state index >= 15 is 0 Å². The largest absolute Gasteiger partial charge is 0.444 e. The van der Waals surface area contributed by atoms with E-state index in [0.717, 1.165) is 44.5 Å². The summed E-state index contributed by atoms with van der Waals surface area (Å²) in [5.74, 6) is 0. The van der Waals surface area contributed by atoms with Crippen molar-refractivity contribution in [2.24, 2.45) is 0 Å². The number of methoxy groups -OCH3 is 1. The molecule has 1 amide bonds. The third-order valence-electron chi connectivity index (χ3n) is 3.10. The van der Waals surface area contributed by atoms with E-state index in [2.05, 4.69) is 14.9 Å². The number of imidazole rings is 1. The topological polar surface area (TPSA) is 65.4 Å². The maximum absolute atomic E-state index is 11.6. The predicted molar refractivity (Wildman–Crippen MR) is 85.9 cm³/mol. The highest BCUT2D eigenvalue weighted by Crippen LogP contribution is 2.07. The molecule has 22 heavy (non-hydrogen) atoms. The maximum Gasteiger partial charge on any atom is 0.407 e. The summed E-state index contributed by atoms with van der Waals surface area (Å²) in [5.41, 5.74) is 0.663. The van der Waals surface area contributed by atoms with Gasteiger partial charge in [0.15, 0.2) is 0 Å². The Morgan fingerprint density at radius 3 is 2.77 bits per heavy atom. The summed E-state index contributed by atoms with van der Waals surface area (Å²) in [4.78, 5) is 15.8. The minimum absolute atomic E-state index is 0.377. The monoisotopic (exact) mass is 311 g/mol. The maximum atomic E-state index is 11.6. The molecule has 126 valence electrons. The van der Waals surface area contributed by atoms with Crippen LogP contribution >= 0.6 is 0 Å². The average Bonchev–Trinajstić information content (AvgIpc) is 2.84. The van der Waals surface area contributed by atoms with Gasteiger partial charge in [-0.05, 0) is 40.0 Å². The normalized spacial score (nSPS) is 11.5. The molecule has 6 nitrogen and oxygen atoms in total. The molecule has 0 saturated carbocycles. The minimum Gasteiger partial charge on any atom is -0.444 e. The molecular formula is C16H29N3O3. The van der Waals surface area contributed by atoms with Crippen molar-refractivity contribution in [1.29, 1.82) is 0 Å². The van der Waals surface area contributed by atoms with Gasteiger partial charge in [-0.15, -0.1) is 0 Å². The molecule has 0 aliphatic heterocycles. The van der Waals surface area contributed by atoms with Crippen molar-refractivity contribution < 1.29 is 14.3 Å². The van der Waals surface area contributed by atoms with Gasteiger partial charge in [0.25, 0.3) is 0 Å². The second kappa shape index (κ2) is 9.46. The molecule has 0 unspecified atom stereocenters. The second-order valence-corrected chi connectivity index (χ2v) is 6.31. The molecule has 0 saturated heterocycles. The number of amides is 1. The summed E-state index contributed by atoms with van der Waals surface area (Å²) in [5, 5.41) is 2.77. The van der Waals surface area contributed by atoms with Gasteiger partial charge in [0, 0.05) is 45.1 Å². The lowest BCUT2D eigenvalue weighted by Crippen LogP contribution is -2.33. The highest BCUT2D eigenvalue weighted by Gasteiger charge is 2.15. The van der Waals surface area contributed by atoms with Crippen molar-refractivity contribution in [1.82, 2.24) is 14.9 Å². The third kappa shape index (κ3) is 8.02. The first-order valence-electron chi connectivity index (χ1n) is 7.87. The fourth-order valence-corrected chi connectivity index (χ4v) is 2.07. The van der Waals surface area contributed by atoms with Crippen molar-refractivity contribution in [2.45, 2.75) is 58.6 Å². The molecule has 0 spiro atoms. The summed E-state index contributed by atoms with van der Waals surface area (Å²) in [6, 6.07) is 0. The number of nitrogens with one attached hydrogen (secondary N) is 1. The van der Waals surface area contributed by atoms with Crippen LogP contribution in [0.4, 0.5) is 4.79 Å². The smallest absolute Gasteiger partial charge is 0.407 e. The number of aryl methyl sites for hydroxylation is 1. The number of rotatable bonds is 9. The number of hydrogen-bond acceptors (Lipinski definition) is 4. The Morgan fingerprint density at radius 2 is 2.09 bits per heavy atom. The Kier molecular flexibility index (Phi) is 7.95. The van der Waals surface area contributed by atoms with E-state index in [9.17, 15) is 4.79 Å². The summed E-state index contributed by atoms with van der Waals surface area (Å²) in [6.45, 7) is 7.87. The molecule has 0 aromatic carbocycles. The number of carbonyl (C=O) groups excluding carboxylic acids is 1. The molecule has 0 aliphatic carbocycles. The van der Waals surface area contributed by atoms with Crippen molar-refractivity contribution in [2.75, 3.05) is 20.3 Å². The Hall–Kier alpha value is -1.56. The highest BCUT2D eigenvalue weighted by molar-refractivity contribution is 5.67. The van der Waals surface area contributed by atoms with Gasteiger partial charge in [0.05, 0.1) is 6.33 Å². The number of hydrogen-bond donors (Lipinski definition) is 1. The molecule has 0 fully saturated rings. The molecule has 0 bridgehead atoms. The quantitative estimate of drug-likeness (QED) is 0.712. The lowest BCUT2D eigenvalue weighted by molar-refractivity contribution is 0.0528. The lowest BCUT2D eigenvalue weighted by Gasteiger charge is -2.19. The van der Waals surface area contributed by atoms with Crippen molar-refractivity contribution >= 4 is 6.09 Å². The second-order valence-electron chi connectivity index (χ2n) is 6.31. The molecule has 1 N–H and O–H groups in total. The Balaban J connectivity index is 2.26. The fourth-order valence-electron chi connectivity index (χ4n) is 2.07. The van der Waals surface area contributed by atoms with E-state index in [1.165, 1.54) is 0 Å². The predicted octanol–water partition coefficient (Wildman–Crippen LogP) is 2.77. The first kappa shape index (κ1) is 18.5. The van der Waals surface area contributed by atoms with Gasteiger partial charge >= 0.3 is 6.09 Å². The summed E-state index contributed by atoms with van der Waals surface area (Å²) in [6.07, 6.45) is 7.40. The number of carbonyl (C=O) groups is 1. The van der Waals surface area contributed by atoms with Crippen LogP contribution in [-0.2, 0) is 22.4 Å². The Bertz CT molecular complexity index is 438. The molecule has 0 atom stereocenters. The highest BCUT2D eigenvalue weighted by atomic mass is 16.6. The zero-order chi connectivity index (χ0) is 16.4. The van der Waals surface area contributed by atoms with Gasteiger partial charge in [0.1, 0.15) is 5.60 Å². The SMILES string of the molecule is COCCCCCn1cncc1CCNC(=O)OC(C)(C)C. The van der Waals surface area contributed by atoms with Crippen LogP contribution < -0.4 is 5.32 Å². The minimum atomic E-state index is -0.464. The average molecular weight is 311 g/mol. The standard InChI is InChI=1S/C16H29N3O3/c1-16(2,3)22-15(20)18-9-8-14-12-17-13-19(14)10-6-5-7-11-21-4/h12-13H,5-11H2,1-4H3,(H,18,20). The van der Waals surface area contributed by atoms with Crippen LogP contribution in [0.25, 0.3) is 0 Å². The van der Waals surface area contributed by atoms with Gasteiger partial charge in [-0.1, -0.05) is 0 Å². The lowest BCUT2D eigenvalue weighted by atomic mass is 10.2. The molecule has 1 heterocycles. The van der Waals surface area contributed by atoms with E-state index in [1.807, 2.05) is 33.3 Å². The molecular weight excluding hydrogens is 282 g/mol. The van der Waals surface area contributed by atoms with Gasteiger partial charge in [-0.3, -0.25) is 0 Å². The molecule has 1 aromatic rings. The van der Waals surface area contributed by atoms with Crippen LogP contribution in [-0.4, -0.2) is 41.5 Å². The Morgan fingerprint density at radius 1 is 1.32 bits per heavy atom. The fraction of sp³-hybridized carbons (Fsp3) is 0.750. The number of alkyl carbamates (subject to hydrolysis) is 1. The number of nitrogens with zero attached hydrogens (tertiary/aromatic N) is 2. The number of unbranched alkanes of at least 4 members (excludes halogenated alkanes) is 2. The van der Waals surface area contributed by atoms with Gasteiger partial charge in [0.2, 0.25) is 0 Å². The number of aromatic nitrogens is 2. The first-order chi connectivity index (χ1) is 10.4. The zero-order valence-electron chi connectivity index (χ0n) is 14.2. The van der Waals surface area contributed by atoms with Crippen molar-refractivity contribution in [3.63, 3.8) is 0 Å². The van der Waals surface area contributed by atoms with Crippen LogP contribution in [0.3, 0.4) is 0 Å². The molecule has 6 heteroatoms. The van der Waals surface area contributed by atoms with Gasteiger partial charge < -0.3 is 19.4 Å². The van der Waals surface area contributed by atoms with E-state index in [4.69, 9.17) is 9.47 Å². The Labute approximate surface area is 133 Å². The molecule has 1 rings (SSSR count). The third-order valence-corrected chi connectivity index (χ3v) is 3.10. The van der Waals surface area contributed by atoms with Crippen LogP contribution in [0.5, 0.6) is 0 Å². The first-order valence-corrected chi connectivity index (χ1v) is 7.87. The van der Waals surface area contributed by atoms with E-state index in [0.29, 0.717) is 6.54 Å². The van der Waals surface area contributed by atoms with Crippen molar-refractivity contribution in [3.05, 3.63) is 18.2 Å². The van der Waals surface area contributed by atoms with Crippen molar-refractivity contribution in [3.8, 4) is 0 Å². The van der Waals surface area contributed by atoms with E-state index in [1.54, 1.807) is 7.11 Å². The zero-order valence-corrected chi connectivity index (χ0v) is 14.2. The molecule has 1 aromatic heterocycles. The van der Waals surface area contributed by atoms with E-state index in [-0.39, 0.29) is 6.09 Å². The number of ether oxygens (including phenoxy) is 2. The summed E-state index contributed by atoms with van der Waals surface area (Å²) < 4.78 is 12.4. The molecule has 0 aliphatic rings. The van der Waals surface area contributed by atoms with Gasteiger partial charge in [-0.25, -0.2) is 9.78 Å². The summed E-state index contributed by atoms with van der Waals surface area (Å²) >= 11 is 0. The summed E-state index contributed by atoms with van der Waals surface area (Å²) in [7, 11) is 1.73.